The minimum Gasteiger partial charge on any atom is -0.454 e. The van der Waals surface area contributed by atoms with Crippen molar-refractivity contribution in [3.63, 3.8) is 0 Å². The molecule has 120 valence electrons. The first-order chi connectivity index (χ1) is 11.3. The predicted molar refractivity (Wildman–Crippen MR) is 88.8 cm³/mol. The lowest BCUT2D eigenvalue weighted by atomic mass is 9.95. The normalized spacial score (nSPS) is 13.6. The second-order valence-electron chi connectivity index (χ2n) is 5.60. The quantitative estimate of drug-likeness (QED) is 0.890. The van der Waals surface area contributed by atoms with E-state index in [2.05, 4.69) is 5.32 Å². The summed E-state index contributed by atoms with van der Waals surface area (Å²) < 4.78 is 10.7. The van der Waals surface area contributed by atoms with E-state index in [-0.39, 0.29) is 18.6 Å². The summed E-state index contributed by atoms with van der Waals surface area (Å²) in [6.45, 7) is 2.93. The molecule has 2 aromatic rings. The first-order valence-corrected chi connectivity index (χ1v) is 7.99. The van der Waals surface area contributed by atoms with E-state index in [1.807, 2.05) is 55.5 Å². The summed E-state index contributed by atoms with van der Waals surface area (Å²) in [6.07, 6.45) is 1.56. The number of hydrogen-bond acceptors (Lipinski definition) is 3. The van der Waals surface area contributed by atoms with E-state index in [1.54, 1.807) is 0 Å². The van der Waals surface area contributed by atoms with Gasteiger partial charge >= 0.3 is 0 Å². The SMILES string of the molecule is CCC(C(=O)NCCc1ccc2c(c1)OCO2)c1ccccc1. The lowest BCUT2D eigenvalue weighted by Crippen LogP contribution is -2.30. The molecule has 0 aromatic heterocycles. The molecule has 1 N–H and O–H groups in total. The van der Waals surface area contributed by atoms with Gasteiger partial charge in [0.05, 0.1) is 5.92 Å². The van der Waals surface area contributed by atoms with Gasteiger partial charge < -0.3 is 14.8 Å². The molecule has 1 aliphatic rings. The molecule has 1 atom stereocenters. The van der Waals surface area contributed by atoms with Gasteiger partial charge in [-0.05, 0) is 36.1 Å². The number of carbonyl (C=O) groups excluding carboxylic acids is 1. The fourth-order valence-corrected chi connectivity index (χ4v) is 2.81. The van der Waals surface area contributed by atoms with E-state index in [0.717, 1.165) is 35.5 Å². The minimum atomic E-state index is -0.0899. The lowest BCUT2D eigenvalue weighted by Gasteiger charge is -2.15. The minimum absolute atomic E-state index is 0.0828. The van der Waals surface area contributed by atoms with Crippen LogP contribution in [-0.2, 0) is 11.2 Å². The third-order valence-corrected chi connectivity index (χ3v) is 4.08. The van der Waals surface area contributed by atoms with Gasteiger partial charge in [0.15, 0.2) is 11.5 Å². The van der Waals surface area contributed by atoms with E-state index >= 15 is 0 Å². The summed E-state index contributed by atoms with van der Waals surface area (Å²) >= 11 is 0. The number of nitrogens with one attached hydrogen (secondary N) is 1. The molecule has 0 saturated carbocycles. The highest BCUT2D eigenvalue weighted by atomic mass is 16.7. The van der Waals surface area contributed by atoms with Crippen LogP contribution in [0.25, 0.3) is 0 Å². The Hall–Kier alpha value is -2.49. The summed E-state index contributed by atoms with van der Waals surface area (Å²) in [5.41, 5.74) is 2.19. The summed E-state index contributed by atoms with van der Waals surface area (Å²) in [5, 5.41) is 3.04. The highest BCUT2D eigenvalue weighted by Crippen LogP contribution is 2.32. The van der Waals surface area contributed by atoms with Crippen molar-refractivity contribution in [1.29, 1.82) is 0 Å². The van der Waals surface area contributed by atoms with Gasteiger partial charge in [0.1, 0.15) is 0 Å². The highest BCUT2D eigenvalue weighted by molar-refractivity contribution is 5.83. The first kappa shape index (κ1) is 15.4. The third kappa shape index (κ3) is 3.65. The summed E-state index contributed by atoms with van der Waals surface area (Å²) in [5.74, 6) is 1.56. The predicted octanol–water partition coefficient (Wildman–Crippen LogP) is 3.27. The van der Waals surface area contributed by atoms with Crippen molar-refractivity contribution in [2.24, 2.45) is 0 Å². The molecular weight excluding hydrogens is 290 g/mol. The second kappa shape index (κ2) is 7.18. The molecule has 3 rings (SSSR count). The van der Waals surface area contributed by atoms with Crippen molar-refractivity contribution >= 4 is 5.91 Å². The van der Waals surface area contributed by atoms with Gasteiger partial charge in [0, 0.05) is 6.54 Å². The zero-order valence-electron chi connectivity index (χ0n) is 13.2. The number of benzene rings is 2. The van der Waals surface area contributed by atoms with Gasteiger partial charge in [-0.3, -0.25) is 4.79 Å². The van der Waals surface area contributed by atoms with Crippen molar-refractivity contribution in [3.05, 3.63) is 59.7 Å². The van der Waals surface area contributed by atoms with Gasteiger partial charge in [0.2, 0.25) is 12.7 Å². The zero-order chi connectivity index (χ0) is 16.1. The maximum atomic E-state index is 12.4. The van der Waals surface area contributed by atoms with Crippen molar-refractivity contribution < 1.29 is 14.3 Å². The zero-order valence-corrected chi connectivity index (χ0v) is 13.2. The number of hydrogen-bond donors (Lipinski definition) is 1. The van der Waals surface area contributed by atoms with Crippen LogP contribution in [0.5, 0.6) is 11.5 Å². The molecule has 0 saturated heterocycles. The van der Waals surface area contributed by atoms with Crippen molar-refractivity contribution in [2.45, 2.75) is 25.7 Å². The Kier molecular flexibility index (Phi) is 4.81. The Balaban J connectivity index is 1.54. The molecule has 2 aromatic carbocycles. The van der Waals surface area contributed by atoms with Gasteiger partial charge in [-0.15, -0.1) is 0 Å². The Labute approximate surface area is 136 Å². The lowest BCUT2D eigenvalue weighted by molar-refractivity contribution is -0.122. The number of amides is 1. The van der Waals surface area contributed by atoms with E-state index in [1.165, 1.54) is 0 Å². The van der Waals surface area contributed by atoms with Crippen LogP contribution in [-0.4, -0.2) is 19.2 Å². The molecule has 23 heavy (non-hydrogen) atoms. The molecule has 0 spiro atoms. The molecule has 4 heteroatoms. The van der Waals surface area contributed by atoms with Gasteiger partial charge in [0.25, 0.3) is 0 Å². The van der Waals surface area contributed by atoms with Crippen LogP contribution in [0.3, 0.4) is 0 Å². The fraction of sp³-hybridized carbons (Fsp3) is 0.316. The van der Waals surface area contributed by atoms with Crippen LogP contribution in [0.2, 0.25) is 0 Å². The number of ether oxygens (including phenoxy) is 2. The molecule has 1 aliphatic heterocycles. The maximum absolute atomic E-state index is 12.4. The van der Waals surface area contributed by atoms with Crippen molar-refractivity contribution in [1.82, 2.24) is 5.32 Å². The van der Waals surface area contributed by atoms with Crippen molar-refractivity contribution in [2.75, 3.05) is 13.3 Å². The summed E-state index contributed by atoms with van der Waals surface area (Å²) in [7, 11) is 0. The Morgan fingerprint density at radius 3 is 2.70 bits per heavy atom. The van der Waals surface area contributed by atoms with E-state index in [4.69, 9.17) is 9.47 Å². The second-order valence-corrected chi connectivity index (χ2v) is 5.60. The first-order valence-electron chi connectivity index (χ1n) is 7.99. The monoisotopic (exact) mass is 311 g/mol. The van der Waals surface area contributed by atoms with Crippen LogP contribution in [0.4, 0.5) is 0 Å². The maximum Gasteiger partial charge on any atom is 0.231 e. The van der Waals surface area contributed by atoms with Crippen LogP contribution in [0.1, 0.15) is 30.4 Å². The fourth-order valence-electron chi connectivity index (χ4n) is 2.81. The van der Waals surface area contributed by atoms with Gasteiger partial charge in [-0.1, -0.05) is 43.3 Å². The summed E-state index contributed by atoms with van der Waals surface area (Å²) in [6, 6.07) is 15.8. The largest absolute Gasteiger partial charge is 0.454 e. The standard InChI is InChI=1S/C19H21NO3/c1-2-16(15-6-4-3-5-7-15)19(21)20-11-10-14-8-9-17-18(12-14)23-13-22-17/h3-9,12,16H,2,10-11,13H2,1H3,(H,20,21). The average molecular weight is 311 g/mol. The molecule has 1 amide bonds. The number of rotatable bonds is 6. The van der Waals surface area contributed by atoms with Gasteiger partial charge in [-0.2, -0.15) is 0 Å². The third-order valence-electron chi connectivity index (χ3n) is 4.08. The molecule has 0 aliphatic carbocycles. The van der Waals surface area contributed by atoms with Crippen LogP contribution in [0.15, 0.2) is 48.5 Å². The molecule has 1 heterocycles. The summed E-state index contributed by atoms with van der Waals surface area (Å²) in [4.78, 5) is 12.4. The smallest absolute Gasteiger partial charge is 0.231 e. The Bertz CT molecular complexity index is 670. The van der Waals surface area contributed by atoms with Crippen LogP contribution in [0, 0.1) is 0 Å². The topological polar surface area (TPSA) is 47.6 Å². The van der Waals surface area contributed by atoms with E-state index in [9.17, 15) is 4.79 Å². The number of fused-ring (bicyclic) bond motifs is 1. The van der Waals surface area contributed by atoms with Crippen LogP contribution >= 0.6 is 0 Å². The molecule has 4 nitrogen and oxygen atoms in total. The van der Waals surface area contributed by atoms with Crippen LogP contribution < -0.4 is 14.8 Å². The highest BCUT2D eigenvalue weighted by Gasteiger charge is 2.18. The molecule has 0 bridgehead atoms. The Morgan fingerprint density at radius 1 is 1.13 bits per heavy atom. The number of carbonyl (C=O) groups is 1. The molecule has 0 radical (unpaired) electrons. The van der Waals surface area contributed by atoms with Gasteiger partial charge in [-0.25, -0.2) is 0 Å². The Morgan fingerprint density at radius 2 is 1.91 bits per heavy atom. The van der Waals surface area contributed by atoms with E-state index in [0.29, 0.717) is 6.54 Å². The molecule has 0 fully saturated rings. The average Bonchev–Trinajstić information content (AvgIpc) is 3.04. The molecule has 1 unspecified atom stereocenters. The van der Waals surface area contributed by atoms with Crippen molar-refractivity contribution in [3.8, 4) is 11.5 Å². The molecular formula is C19H21NO3. The van der Waals surface area contributed by atoms with E-state index < -0.39 is 0 Å².